The summed E-state index contributed by atoms with van der Waals surface area (Å²) in [6.45, 7) is 0. The molecule has 1 aliphatic rings. The summed E-state index contributed by atoms with van der Waals surface area (Å²) in [4.78, 5) is 0.127. The summed E-state index contributed by atoms with van der Waals surface area (Å²) in [5.41, 5.74) is 6.05. The van der Waals surface area contributed by atoms with Crippen molar-refractivity contribution in [1.29, 1.82) is 0 Å². The number of anilines is 1. The summed E-state index contributed by atoms with van der Waals surface area (Å²) in [6.07, 6.45) is 2.89. The lowest BCUT2D eigenvalue weighted by molar-refractivity contribution is 0.249. The van der Waals surface area contributed by atoms with E-state index >= 15 is 0 Å². The molecule has 0 aliphatic heterocycles. The van der Waals surface area contributed by atoms with E-state index in [2.05, 4.69) is 15.9 Å². The molecule has 0 amide bonds. The number of hydrogen-bond donors (Lipinski definition) is 1. The zero-order chi connectivity index (χ0) is 13.5. The molecule has 0 bridgehead atoms. The normalized spacial score (nSPS) is 16.9. The maximum atomic E-state index is 12.5. The first-order valence-electron chi connectivity index (χ1n) is 5.56. The van der Waals surface area contributed by atoms with E-state index in [0.29, 0.717) is 15.2 Å². The van der Waals surface area contributed by atoms with Crippen molar-refractivity contribution in [3.63, 3.8) is 0 Å². The fourth-order valence-electron chi connectivity index (χ4n) is 1.87. The maximum absolute atomic E-state index is 12.5. The molecule has 0 saturated heterocycles. The highest BCUT2D eigenvalue weighted by atomic mass is 79.9. The quantitative estimate of drug-likeness (QED) is 0.850. The minimum absolute atomic E-state index is 0.0853. The average molecular weight is 354 g/mol. The molecule has 100 valence electrons. The van der Waals surface area contributed by atoms with Crippen LogP contribution in [-0.4, -0.2) is 25.8 Å². The van der Waals surface area contributed by atoms with Gasteiger partial charge in [0.1, 0.15) is 0 Å². The number of nitrogen functional groups attached to an aromatic ring is 1. The maximum Gasteiger partial charge on any atom is 0.244 e. The van der Waals surface area contributed by atoms with Crippen LogP contribution in [0.2, 0.25) is 5.02 Å². The molecule has 0 spiro atoms. The molecule has 2 rings (SSSR count). The van der Waals surface area contributed by atoms with Gasteiger partial charge in [-0.3, -0.25) is 0 Å². The van der Waals surface area contributed by atoms with Gasteiger partial charge in [-0.2, -0.15) is 4.31 Å². The van der Waals surface area contributed by atoms with Crippen LogP contribution < -0.4 is 5.73 Å². The highest BCUT2D eigenvalue weighted by molar-refractivity contribution is 9.10. The molecular weight excluding hydrogens is 340 g/mol. The average Bonchev–Trinajstić information content (AvgIpc) is 2.20. The van der Waals surface area contributed by atoms with Crippen LogP contribution >= 0.6 is 27.5 Å². The van der Waals surface area contributed by atoms with Crippen molar-refractivity contribution in [2.75, 3.05) is 12.8 Å². The molecule has 1 aromatic carbocycles. The molecule has 18 heavy (non-hydrogen) atoms. The summed E-state index contributed by atoms with van der Waals surface area (Å²) in [6, 6.07) is 3.03. The first kappa shape index (κ1) is 14.1. The van der Waals surface area contributed by atoms with Crippen LogP contribution in [0.1, 0.15) is 19.3 Å². The Bertz CT molecular complexity index is 573. The third kappa shape index (κ3) is 2.39. The van der Waals surface area contributed by atoms with Crippen LogP contribution in [0.4, 0.5) is 5.69 Å². The molecule has 1 saturated carbocycles. The number of nitrogens with two attached hydrogens (primary N) is 1. The van der Waals surface area contributed by atoms with Crippen molar-refractivity contribution >= 4 is 43.2 Å². The van der Waals surface area contributed by atoms with E-state index in [1.54, 1.807) is 7.05 Å². The van der Waals surface area contributed by atoms with Crippen LogP contribution in [0.15, 0.2) is 21.5 Å². The van der Waals surface area contributed by atoms with Crippen molar-refractivity contribution in [1.82, 2.24) is 4.31 Å². The summed E-state index contributed by atoms with van der Waals surface area (Å²) in [5, 5.41) is 0.316. The lowest BCUT2D eigenvalue weighted by Crippen LogP contribution is -2.41. The van der Waals surface area contributed by atoms with Crippen LogP contribution in [0.25, 0.3) is 0 Å². The van der Waals surface area contributed by atoms with Gasteiger partial charge in [0, 0.05) is 23.8 Å². The van der Waals surface area contributed by atoms with E-state index < -0.39 is 10.0 Å². The highest BCUT2D eigenvalue weighted by Gasteiger charge is 2.33. The van der Waals surface area contributed by atoms with Gasteiger partial charge in [0.25, 0.3) is 0 Å². The van der Waals surface area contributed by atoms with E-state index in [-0.39, 0.29) is 10.9 Å². The Morgan fingerprint density at radius 3 is 2.56 bits per heavy atom. The summed E-state index contributed by atoms with van der Waals surface area (Å²) >= 11 is 9.09. The van der Waals surface area contributed by atoms with Gasteiger partial charge in [0.15, 0.2) is 0 Å². The van der Waals surface area contributed by atoms with Gasteiger partial charge in [0.2, 0.25) is 10.0 Å². The second-order valence-corrected chi connectivity index (χ2v) is 7.61. The molecule has 0 aromatic heterocycles. The van der Waals surface area contributed by atoms with E-state index in [0.717, 1.165) is 19.3 Å². The van der Waals surface area contributed by atoms with Crippen molar-refractivity contribution in [2.45, 2.75) is 30.2 Å². The first-order valence-corrected chi connectivity index (χ1v) is 8.17. The smallest absolute Gasteiger partial charge is 0.244 e. The third-order valence-electron chi connectivity index (χ3n) is 3.28. The number of halogens is 2. The monoisotopic (exact) mass is 352 g/mol. The number of hydrogen-bond acceptors (Lipinski definition) is 3. The number of sulfonamides is 1. The van der Waals surface area contributed by atoms with Crippen LogP contribution in [-0.2, 0) is 10.0 Å². The minimum Gasteiger partial charge on any atom is -0.398 e. The molecule has 1 fully saturated rings. The number of nitrogens with zero attached hydrogens (tertiary/aromatic N) is 1. The second-order valence-electron chi connectivity index (χ2n) is 4.41. The Kier molecular flexibility index (Phi) is 3.92. The SMILES string of the molecule is CN(C1CCC1)S(=O)(=O)c1cc(Cl)cc(N)c1Br. The fraction of sp³-hybridized carbons (Fsp3) is 0.455. The van der Waals surface area contributed by atoms with E-state index in [1.807, 2.05) is 0 Å². The van der Waals surface area contributed by atoms with Crippen molar-refractivity contribution in [3.05, 3.63) is 21.6 Å². The highest BCUT2D eigenvalue weighted by Crippen LogP contribution is 2.35. The van der Waals surface area contributed by atoms with Gasteiger partial charge in [-0.05, 0) is 40.9 Å². The molecular formula is C11H14BrClN2O2S. The van der Waals surface area contributed by atoms with E-state index in [4.69, 9.17) is 17.3 Å². The Morgan fingerprint density at radius 1 is 1.44 bits per heavy atom. The molecule has 0 atom stereocenters. The fourth-order valence-corrected chi connectivity index (χ4v) is 4.54. The topological polar surface area (TPSA) is 63.4 Å². The largest absolute Gasteiger partial charge is 0.398 e. The van der Waals surface area contributed by atoms with Crippen LogP contribution in [0, 0.1) is 0 Å². The van der Waals surface area contributed by atoms with Gasteiger partial charge in [-0.15, -0.1) is 0 Å². The Balaban J connectivity index is 2.46. The molecule has 2 N–H and O–H groups in total. The van der Waals surface area contributed by atoms with Gasteiger partial charge < -0.3 is 5.73 Å². The minimum atomic E-state index is -3.55. The standard InChI is InChI=1S/C11H14BrClN2O2S/c1-15(8-3-2-4-8)18(16,17)10-6-7(13)5-9(14)11(10)12/h5-6,8H,2-4,14H2,1H3. The number of benzene rings is 1. The first-order chi connectivity index (χ1) is 8.34. The Hall–Kier alpha value is -0.300. The molecule has 4 nitrogen and oxygen atoms in total. The molecule has 7 heteroatoms. The predicted octanol–water partition coefficient (Wildman–Crippen LogP) is 2.86. The summed E-state index contributed by atoms with van der Waals surface area (Å²) < 4.78 is 26.7. The Morgan fingerprint density at radius 2 is 2.06 bits per heavy atom. The van der Waals surface area contributed by atoms with Gasteiger partial charge in [0.05, 0.1) is 9.37 Å². The van der Waals surface area contributed by atoms with Gasteiger partial charge in [-0.25, -0.2) is 8.42 Å². The lowest BCUT2D eigenvalue weighted by atomic mass is 9.94. The van der Waals surface area contributed by atoms with Gasteiger partial charge >= 0.3 is 0 Å². The molecule has 1 aliphatic carbocycles. The van der Waals surface area contributed by atoms with Crippen LogP contribution in [0.3, 0.4) is 0 Å². The third-order valence-corrected chi connectivity index (χ3v) is 6.58. The molecule has 0 radical (unpaired) electrons. The molecule has 0 heterocycles. The Labute approximate surface area is 120 Å². The van der Waals surface area contributed by atoms with E-state index in [9.17, 15) is 8.42 Å². The molecule has 0 unspecified atom stereocenters. The summed E-state index contributed by atoms with van der Waals surface area (Å²) in [7, 11) is -1.95. The van der Waals surface area contributed by atoms with Gasteiger partial charge in [-0.1, -0.05) is 18.0 Å². The zero-order valence-electron chi connectivity index (χ0n) is 9.86. The lowest BCUT2D eigenvalue weighted by Gasteiger charge is -2.34. The van der Waals surface area contributed by atoms with E-state index in [1.165, 1.54) is 16.4 Å². The summed E-state index contributed by atoms with van der Waals surface area (Å²) in [5.74, 6) is 0. The van der Waals surface area contributed by atoms with Crippen LogP contribution in [0.5, 0.6) is 0 Å². The number of rotatable bonds is 3. The predicted molar refractivity (Wildman–Crippen MR) is 76.2 cm³/mol. The van der Waals surface area contributed by atoms with Crippen molar-refractivity contribution in [2.24, 2.45) is 0 Å². The molecule has 1 aromatic rings. The second kappa shape index (κ2) is 5.00. The van der Waals surface area contributed by atoms with Crippen molar-refractivity contribution < 1.29 is 8.42 Å². The van der Waals surface area contributed by atoms with Crippen molar-refractivity contribution in [3.8, 4) is 0 Å². The zero-order valence-corrected chi connectivity index (χ0v) is 13.0.